The first kappa shape index (κ1) is 16.5. The predicted molar refractivity (Wildman–Crippen MR) is 84.4 cm³/mol. The van der Waals surface area contributed by atoms with E-state index in [0.29, 0.717) is 32.5 Å². The number of carbonyl (C=O) groups is 2. The highest BCUT2D eigenvalue weighted by molar-refractivity contribution is 5.79. The van der Waals surface area contributed by atoms with Gasteiger partial charge < -0.3 is 14.5 Å². The first-order valence-corrected chi connectivity index (χ1v) is 7.79. The van der Waals surface area contributed by atoms with Crippen LogP contribution in [0.25, 0.3) is 0 Å². The molecule has 0 saturated carbocycles. The van der Waals surface area contributed by atoms with Gasteiger partial charge in [-0.25, -0.2) is 0 Å². The molecule has 5 nitrogen and oxygen atoms in total. The lowest BCUT2D eigenvalue weighted by Gasteiger charge is -2.22. The fourth-order valence-corrected chi connectivity index (χ4v) is 2.65. The fourth-order valence-electron chi connectivity index (χ4n) is 2.65. The normalized spacial score (nSPS) is 15.5. The Labute approximate surface area is 131 Å². The molecule has 120 valence electrons. The van der Waals surface area contributed by atoms with Crippen molar-refractivity contribution in [3.8, 4) is 0 Å². The molecule has 0 aliphatic carbocycles. The van der Waals surface area contributed by atoms with Gasteiger partial charge in [0.25, 0.3) is 0 Å². The average molecular weight is 304 g/mol. The summed E-state index contributed by atoms with van der Waals surface area (Å²) in [6.07, 6.45) is 1.67. The average Bonchev–Trinajstić information content (AvgIpc) is 2.79. The molecule has 2 rings (SSSR count). The molecule has 0 radical (unpaired) electrons. The van der Waals surface area contributed by atoms with E-state index in [1.807, 2.05) is 40.1 Å². The van der Waals surface area contributed by atoms with Crippen LogP contribution in [0.2, 0.25) is 0 Å². The zero-order valence-corrected chi connectivity index (χ0v) is 13.2. The zero-order chi connectivity index (χ0) is 15.8. The van der Waals surface area contributed by atoms with E-state index >= 15 is 0 Å². The number of hydrogen-bond acceptors (Lipinski definition) is 3. The number of methoxy groups -OCH3 is 1. The number of rotatable bonds is 5. The van der Waals surface area contributed by atoms with E-state index < -0.39 is 0 Å². The van der Waals surface area contributed by atoms with Crippen molar-refractivity contribution in [1.82, 2.24) is 9.80 Å². The van der Waals surface area contributed by atoms with Crippen LogP contribution in [-0.4, -0.2) is 61.5 Å². The Kier molecular flexibility index (Phi) is 6.40. The number of hydrogen-bond donors (Lipinski definition) is 0. The molecule has 0 bridgehead atoms. The van der Waals surface area contributed by atoms with Crippen molar-refractivity contribution in [3.05, 3.63) is 35.9 Å². The van der Waals surface area contributed by atoms with Crippen molar-refractivity contribution >= 4 is 11.8 Å². The number of carbonyl (C=O) groups excluding carboxylic acids is 2. The van der Waals surface area contributed by atoms with Crippen LogP contribution in [0.5, 0.6) is 0 Å². The van der Waals surface area contributed by atoms with Crippen LogP contribution >= 0.6 is 0 Å². The van der Waals surface area contributed by atoms with Gasteiger partial charge in [-0.3, -0.25) is 9.59 Å². The topological polar surface area (TPSA) is 49.9 Å². The zero-order valence-electron chi connectivity index (χ0n) is 13.2. The highest BCUT2D eigenvalue weighted by Gasteiger charge is 2.21. The Morgan fingerprint density at radius 3 is 2.27 bits per heavy atom. The fraction of sp³-hybridized carbons (Fsp3) is 0.529. The Balaban J connectivity index is 1.84. The van der Waals surface area contributed by atoms with E-state index in [-0.39, 0.29) is 11.8 Å². The van der Waals surface area contributed by atoms with Crippen LogP contribution in [-0.2, 0) is 20.7 Å². The number of ether oxygens (including phenoxy) is 1. The number of amides is 2. The molecule has 0 N–H and O–H groups in total. The van der Waals surface area contributed by atoms with Gasteiger partial charge in [0, 0.05) is 33.3 Å². The standard InChI is InChI=1S/C17H24N2O3/c1-22-13-8-16(20)18-9-5-10-19(12-11-18)17(21)14-15-6-3-2-4-7-15/h2-4,6-7H,5,8-14H2,1H3. The maximum Gasteiger partial charge on any atom is 0.227 e. The molecule has 5 heteroatoms. The molecule has 1 aliphatic rings. The van der Waals surface area contributed by atoms with Gasteiger partial charge in [-0.1, -0.05) is 30.3 Å². The highest BCUT2D eigenvalue weighted by atomic mass is 16.5. The molecule has 1 heterocycles. The second-order valence-corrected chi connectivity index (χ2v) is 5.52. The van der Waals surface area contributed by atoms with E-state index in [1.54, 1.807) is 7.11 Å². The maximum absolute atomic E-state index is 12.4. The SMILES string of the molecule is COCCC(=O)N1CCCN(C(=O)Cc2ccccc2)CC1. The van der Waals surface area contributed by atoms with Crippen molar-refractivity contribution in [3.63, 3.8) is 0 Å². The lowest BCUT2D eigenvalue weighted by Crippen LogP contribution is -2.38. The summed E-state index contributed by atoms with van der Waals surface area (Å²) in [7, 11) is 1.60. The van der Waals surface area contributed by atoms with Crippen molar-refractivity contribution in [2.24, 2.45) is 0 Å². The summed E-state index contributed by atoms with van der Waals surface area (Å²) in [6, 6.07) is 9.78. The minimum absolute atomic E-state index is 0.110. The van der Waals surface area contributed by atoms with Crippen LogP contribution in [0.15, 0.2) is 30.3 Å². The second-order valence-electron chi connectivity index (χ2n) is 5.52. The van der Waals surface area contributed by atoms with Crippen LogP contribution in [0.1, 0.15) is 18.4 Å². The van der Waals surface area contributed by atoms with Gasteiger partial charge in [0.15, 0.2) is 0 Å². The van der Waals surface area contributed by atoms with Crippen molar-refractivity contribution in [2.75, 3.05) is 39.9 Å². The maximum atomic E-state index is 12.4. The minimum Gasteiger partial charge on any atom is -0.384 e. The van der Waals surface area contributed by atoms with E-state index in [2.05, 4.69) is 0 Å². The van der Waals surface area contributed by atoms with Gasteiger partial charge in [-0.2, -0.15) is 0 Å². The first-order chi connectivity index (χ1) is 10.7. The summed E-state index contributed by atoms with van der Waals surface area (Å²) in [5, 5.41) is 0. The molecule has 0 aromatic heterocycles. The lowest BCUT2D eigenvalue weighted by molar-refractivity contribution is -0.133. The third kappa shape index (κ3) is 4.84. The van der Waals surface area contributed by atoms with E-state index in [0.717, 1.165) is 25.1 Å². The summed E-state index contributed by atoms with van der Waals surface area (Å²) in [5.41, 5.74) is 1.03. The van der Waals surface area contributed by atoms with E-state index in [4.69, 9.17) is 4.74 Å². The Morgan fingerprint density at radius 1 is 1.00 bits per heavy atom. The third-order valence-electron chi connectivity index (χ3n) is 3.92. The molecule has 0 spiro atoms. The van der Waals surface area contributed by atoms with Crippen molar-refractivity contribution in [1.29, 1.82) is 0 Å². The van der Waals surface area contributed by atoms with Crippen LogP contribution in [0.3, 0.4) is 0 Å². The Hall–Kier alpha value is -1.88. The molecule has 1 fully saturated rings. The molecular weight excluding hydrogens is 280 g/mol. The molecule has 1 saturated heterocycles. The van der Waals surface area contributed by atoms with Gasteiger partial charge in [-0.05, 0) is 12.0 Å². The monoisotopic (exact) mass is 304 g/mol. The van der Waals surface area contributed by atoms with Gasteiger partial charge >= 0.3 is 0 Å². The predicted octanol–water partition coefficient (Wildman–Crippen LogP) is 1.33. The molecule has 22 heavy (non-hydrogen) atoms. The molecule has 2 amide bonds. The quantitative estimate of drug-likeness (QED) is 0.824. The number of nitrogens with zero attached hydrogens (tertiary/aromatic N) is 2. The second kappa shape index (κ2) is 8.54. The molecule has 1 aliphatic heterocycles. The smallest absolute Gasteiger partial charge is 0.227 e. The van der Waals surface area contributed by atoms with Gasteiger partial charge in [-0.15, -0.1) is 0 Å². The van der Waals surface area contributed by atoms with Crippen LogP contribution in [0.4, 0.5) is 0 Å². The van der Waals surface area contributed by atoms with E-state index in [1.165, 1.54) is 0 Å². The van der Waals surface area contributed by atoms with Crippen molar-refractivity contribution in [2.45, 2.75) is 19.3 Å². The molecule has 0 atom stereocenters. The molecule has 1 aromatic rings. The van der Waals surface area contributed by atoms with Crippen LogP contribution < -0.4 is 0 Å². The van der Waals surface area contributed by atoms with Crippen LogP contribution in [0, 0.1) is 0 Å². The highest BCUT2D eigenvalue weighted by Crippen LogP contribution is 2.08. The molecule has 1 aromatic carbocycles. The van der Waals surface area contributed by atoms with Gasteiger partial charge in [0.05, 0.1) is 19.4 Å². The largest absolute Gasteiger partial charge is 0.384 e. The number of benzene rings is 1. The third-order valence-corrected chi connectivity index (χ3v) is 3.92. The Bertz CT molecular complexity index is 490. The van der Waals surface area contributed by atoms with Gasteiger partial charge in [0.1, 0.15) is 0 Å². The van der Waals surface area contributed by atoms with Crippen molar-refractivity contribution < 1.29 is 14.3 Å². The lowest BCUT2D eigenvalue weighted by atomic mass is 10.1. The molecular formula is C17H24N2O3. The summed E-state index contributed by atoms with van der Waals surface area (Å²) in [6.45, 7) is 3.12. The summed E-state index contributed by atoms with van der Waals surface area (Å²) in [5.74, 6) is 0.247. The summed E-state index contributed by atoms with van der Waals surface area (Å²) in [4.78, 5) is 28.1. The molecule has 0 unspecified atom stereocenters. The summed E-state index contributed by atoms with van der Waals surface area (Å²) >= 11 is 0. The first-order valence-electron chi connectivity index (χ1n) is 7.79. The minimum atomic E-state index is 0.110. The van der Waals surface area contributed by atoms with E-state index in [9.17, 15) is 9.59 Å². The van der Waals surface area contributed by atoms with Gasteiger partial charge in [0.2, 0.25) is 11.8 Å². The summed E-state index contributed by atoms with van der Waals surface area (Å²) < 4.78 is 4.95. The Morgan fingerprint density at radius 2 is 1.64 bits per heavy atom.